The molecule has 2 aromatic rings. The minimum Gasteiger partial charge on any atom is -0.480 e. The molecule has 0 aromatic heterocycles. The molecule has 7 nitrogen and oxygen atoms in total. The van der Waals surface area contributed by atoms with Crippen LogP contribution in [0.4, 0.5) is 4.79 Å². The van der Waals surface area contributed by atoms with E-state index in [9.17, 15) is 19.5 Å². The molecule has 2 aromatic carbocycles. The molecule has 0 heterocycles. The van der Waals surface area contributed by atoms with Gasteiger partial charge in [0.05, 0.1) is 0 Å². The first-order valence-corrected chi connectivity index (χ1v) is 11.5. The molecule has 2 atom stereocenters. The Morgan fingerprint density at radius 3 is 2.15 bits per heavy atom. The second kappa shape index (κ2) is 9.25. The smallest absolute Gasteiger partial charge is 0.407 e. The Balaban J connectivity index is 1.41. The summed E-state index contributed by atoms with van der Waals surface area (Å²) in [5.41, 5.74) is 3.16. The molecule has 3 N–H and O–H groups in total. The van der Waals surface area contributed by atoms with E-state index in [-0.39, 0.29) is 18.4 Å². The Kier molecular flexibility index (Phi) is 6.40. The van der Waals surface area contributed by atoms with Crippen molar-refractivity contribution in [3.8, 4) is 11.1 Å². The van der Waals surface area contributed by atoms with Crippen LogP contribution in [-0.4, -0.2) is 41.3 Å². The topological polar surface area (TPSA) is 105 Å². The fourth-order valence-electron chi connectivity index (χ4n) is 4.67. The van der Waals surface area contributed by atoms with Gasteiger partial charge in [0.1, 0.15) is 18.2 Å². The summed E-state index contributed by atoms with van der Waals surface area (Å²) in [6.07, 6.45) is 1.88. The Morgan fingerprint density at radius 2 is 1.64 bits per heavy atom. The number of rotatable bonds is 9. The molecule has 174 valence electrons. The third-order valence-corrected chi connectivity index (χ3v) is 6.75. The molecule has 2 aliphatic rings. The lowest BCUT2D eigenvalue weighted by Gasteiger charge is -2.29. The van der Waals surface area contributed by atoms with Crippen LogP contribution in [-0.2, 0) is 14.3 Å². The van der Waals surface area contributed by atoms with Gasteiger partial charge in [-0.2, -0.15) is 0 Å². The van der Waals surface area contributed by atoms with E-state index in [1.165, 1.54) is 6.92 Å². The van der Waals surface area contributed by atoms with Gasteiger partial charge in [-0.1, -0.05) is 61.9 Å². The molecule has 2 aliphatic carbocycles. The Bertz CT molecular complexity index is 1020. The molecule has 0 aliphatic heterocycles. The van der Waals surface area contributed by atoms with Gasteiger partial charge in [0.15, 0.2) is 0 Å². The van der Waals surface area contributed by atoms with Crippen molar-refractivity contribution >= 4 is 18.0 Å². The number of carbonyl (C=O) groups excluding carboxylic acids is 2. The van der Waals surface area contributed by atoms with Gasteiger partial charge >= 0.3 is 12.1 Å². The number of hydrogen-bond acceptors (Lipinski definition) is 4. The molecule has 0 spiro atoms. The number of fused-ring (bicyclic) bond motifs is 3. The van der Waals surface area contributed by atoms with Gasteiger partial charge in [-0.25, -0.2) is 9.59 Å². The number of hydrogen-bond donors (Lipinski definition) is 3. The van der Waals surface area contributed by atoms with Gasteiger partial charge in [-0.3, -0.25) is 4.79 Å². The summed E-state index contributed by atoms with van der Waals surface area (Å²) in [4.78, 5) is 37.3. The van der Waals surface area contributed by atoms with Gasteiger partial charge in [0.25, 0.3) is 0 Å². The lowest BCUT2D eigenvalue weighted by atomic mass is 9.95. The fraction of sp³-hybridized carbons (Fsp3) is 0.423. The van der Waals surface area contributed by atoms with Gasteiger partial charge in [-0.05, 0) is 54.4 Å². The Hall–Kier alpha value is -3.35. The van der Waals surface area contributed by atoms with Crippen LogP contribution in [0.25, 0.3) is 11.1 Å². The first-order chi connectivity index (χ1) is 15.8. The fourth-order valence-corrected chi connectivity index (χ4v) is 4.67. The van der Waals surface area contributed by atoms with E-state index < -0.39 is 29.6 Å². The number of alkyl carbamates (subject to hydrolysis) is 1. The molecule has 2 amide bonds. The number of nitrogens with one attached hydrogen (secondary N) is 2. The van der Waals surface area contributed by atoms with Crippen LogP contribution in [0.1, 0.15) is 56.6 Å². The second-order valence-electron chi connectivity index (χ2n) is 9.08. The van der Waals surface area contributed by atoms with Crippen molar-refractivity contribution in [3.05, 3.63) is 59.7 Å². The quantitative estimate of drug-likeness (QED) is 0.534. The maximum absolute atomic E-state index is 12.9. The summed E-state index contributed by atoms with van der Waals surface area (Å²) < 4.78 is 5.56. The molecule has 33 heavy (non-hydrogen) atoms. The predicted octanol–water partition coefficient (Wildman–Crippen LogP) is 4.06. The van der Waals surface area contributed by atoms with E-state index in [2.05, 4.69) is 22.8 Å². The van der Waals surface area contributed by atoms with Crippen LogP contribution in [0, 0.1) is 5.92 Å². The summed E-state index contributed by atoms with van der Waals surface area (Å²) in [6, 6.07) is 15.3. The normalized spacial score (nSPS) is 17.3. The number of benzene rings is 2. The van der Waals surface area contributed by atoms with Gasteiger partial charge in [-0.15, -0.1) is 0 Å². The number of amides is 2. The Morgan fingerprint density at radius 1 is 1.06 bits per heavy atom. The van der Waals surface area contributed by atoms with Crippen LogP contribution < -0.4 is 10.6 Å². The van der Waals surface area contributed by atoms with Crippen LogP contribution in [0.3, 0.4) is 0 Å². The highest BCUT2D eigenvalue weighted by Crippen LogP contribution is 2.44. The van der Waals surface area contributed by atoms with Crippen molar-refractivity contribution < 1.29 is 24.2 Å². The number of aliphatic carboxylic acids is 1. The number of carbonyl (C=O) groups is 3. The van der Waals surface area contributed by atoms with Crippen LogP contribution in [0.5, 0.6) is 0 Å². The maximum atomic E-state index is 12.9. The number of carboxylic acids is 1. The van der Waals surface area contributed by atoms with Crippen molar-refractivity contribution in [1.29, 1.82) is 0 Å². The lowest BCUT2D eigenvalue weighted by molar-refractivity contribution is -0.148. The molecule has 0 bridgehead atoms. The van der Waals surface area contributed by atoms with E-state index in [4.69, 9.17) is 4.74 Å². The van der Waals surface area contributed by atoms with E-state index >= 15 is 0 Å². The zero-order valence-electron chi connectivity index (χ0n) is 19.0. The highest BCUT2D eigenvalue weighted by atomic mass is 16.5. The van der Waals surface area contributed by atoms with Crippen LogP contribution >= 0.6 is 0 Å². The summed E-state index contributed by atoms with van der Waals surface area (Å²) in [6.45, 7) is 3.58. The predicted molar refractivity (Wildman–Crippen MR) is 124 cm³/mol. The summed E-state index contributed by atoms with van der Waals surface area (Å²) >= 11 is 0. The molecule has 0 radical (unpaired) electrons. The standard InChI is InChI=1S/C26H30N2O5/c1-3-8-22(23(29)28-26(2,24(30)31)16-13-14-16)27-25(32)33-15-21-19-11-6-4-9-17(19)18-10-5-7-12-20(18)21/h4-7,9-12,16,21-22H,3,8,13-15H2,1-2H3,(H,27,32)(H,28,29)(H,30,31). The van der Waals surface area contributed by atoms with Crippen molar-refractivity contribution in [1.82, 2.24) is 10.6 Å². The van der Waals surface area contributed by atoms with E-state index in [1.807, 2.05) is 43.3 Å². The first-order valence-electron chi connectivity index (χ1n) is 11.5. The van der Waals surface area contributed by atoms with Crippen molar-refractivity contribution in [2.75, 3.05) is 6.61 Å². The third-order valence-electron chi connectivity index (χ3n) is 6.75. The van der Waals surface area contributed by atoms with Crippen molar-refractivity contribution in [2.24, 2.45) is 5.92 Å². The SMILES string of the molecule is CCCC(NC(=O)OCC1c2ccccc2-c2ccccc21)C(=O)NC(C)(C(=O)O)C1CC1. The molecule has 1 fully saturated rings. The van der Waals surface area contributed by atoms with Crippen LogP contribution in [0.15, 0.2) is 48.5 Å². The highest BCUT2D eigenvalue weighted by molar-refractivity contribution is 5.91. The lowest BCUT2D eigenvalue weighted by Crippen LogP contribution is -2.59. The third kappa shape index (κ3) is 4.58. The van der Waals surface area contributed by atoms with Crippen molar-refractivity contribution in [2.45, 2.75) is 57.0 Å². The zero-order chi connectivity index (χ0) is 23.6. The molecular weight excluding hydrogens is 420 g/mol. The van der Waals surface area contributed by atoms with Gasteiger partial charge in [0, 0.05) is 5.92 Å². The minimum atomic E-state index is -1.33. The molecule has 2 unspecified atom stereocenters. The summed E-state index contributed by atoms with van der Waals surface area (Å²) in [7, 11) is 0. The second-order valence-corrected chi connectivity index (χ2v) is 9.08. The molecule has 7 heteroatoms. The monoisotopic (exact) mass is 450 g/mol. The maximum Gasteiger partial charge on any atom is 0.407 e. The van der Waals surface area contributed by atoms with Crippen LogP contribution in [0.2, 0.25) is 0 Å². The molecule has 0 saturated heterocycles. The first kappa shape index (κ1) is 22.8. The molecule has 1 saturated carbocycles. The average Bonchev–Trinajstić information content (AvgIpc) is 3.61. The molecule has 4 rings (SSSR count). The highest BCUT2D eigenvalue weighted by Gasteiger charge is 2.49. The summed E-state index contributed by atoms with van der Waals surface area (Å²) in [5.74, 6) is -1.72. The minimum absolute atomic E-state index is 0.0771. The average molecular weight is 451 g/mol. The largest absolute Gasteiger partial charge is 0.480 e. The van der Waals surface area contributed by atoms with Crippen molar-refractivity contribution in [3.63, 3.8) is 0 Å². The van der Waals surface area contributed by atoms with E-state index in [0.29, 0.717) is 12.8 Å². The van der Waals surface area contributed by atoms with E-state index in [0.717, 1.165) is 35.1 Å². The van der Waals surface area contributed by atoms with Gasteiger partial charge in [0.2, 0.25) is 5.91 Å². The zero-order valence-corrected chi connectivity index (χ0v) is 19.0. The Labute approximate surface area is 193 Å². The summed E-state index contributed by atoms with van der Waals surface area (Å²) in [5, 5.41) is 14.9. The van der Waals surface area contributed by atoms with E-state index in [1.54, 1.807) is 0 Å². The van der Waals surface area contributed by atoms with Gasteiger partial charge < -0.3 is 20.5 Å². The molecular formula is C26H30N2O5. The number of carboxylic acid groups (broad SMARTS) is 1. The number of ether oxygens (including phenoxy) is 1.